The lowest BCUT2D eigenvalue weighted by molar-refractivity contribution is 0.0170. The van der Waals surface area contributed by atoms with Crippen LogP contribution in [-0.4, -0.2) is 26.7 Å². The van der Waals surface area contributed by atoms with Gasteiger partial charge in [0.15, 0.2) is 0 Å². The first-order chi connectivity index (χ1) is 8.01. The smallest absolute Gasteiger partial charge is 0.275 e. The summed E-state index contributed by atoms with van der Waals surface area (Å²) in [6.07, 6.45) is 0.981. The zero-order valence-corrected chi connectivity index (χ0v) is 11.4. The van der Waals surface area contributed by atoms with Gasteiger partial charge in [0, 0.05) is 13.1 Å². The molecule has 4 nitrogen and oxygen atoms in total. The molecular formula is C11H16ClF2N3O. The van der Waals surface area contributed by atoms with Crippen LogP contribution in [0.5, 0.6) is 0 Å². The van der Waals surface area contributed by atoms with Gasteiger partial charge < -0.3 is 10.4 Å². The van der Waals surface area contributed by atoms with Gasteiger partial charge in [0.05, 0.1) is 17.2 Å². The second-order valence-electron chi connectivity index (χ2n) is 4.81. The molecule has 0 bridgehead atoms. The molecule has 0 spiro atoms. The first-order valence-corrected chi connectivity index (χ1v) is 5.79. The Morgan fingerprint density at radius 3 is 2.39 bits per heavy atom. The summed E-state index contributed by atoms with van der Waals surface area (Å²) in [5.74, 6) is -3.16. The van der Waals surface area contributed by atoms with Crippen molar-refractivity contribution in [3.63, 3.8) is 0 Å². The van der Waals surface area contributed by atoms with Gasteiger partial charge in [-0.05, 0) is 32.4 Å². The molecule has 7 heteroatoms. The number of nitrogens with one attached hydrogen (secondary N) is 1. The summed E-state index contributed by atoms with van der Waals surface area (Å²) >= 11 is 5.60. The maximum Gasteiger partial charge on any atom is 0.275 e. The van der Waals surface area contributed by atoms with E-state index in [2.05, 4.69) is 15.3 Å². The van der Waals surface area contributed by atoms with Crippen LogP contribution in [0.1, 0.15) is 33.3 Å². The largest absolute Gasteiger partial charge is 0.388 e. The molecule has 0 saturated heterocycles. The fourth-order valence-corrected chi connectivity index (χ4v) is 1.31. The molecule has 18 heavy (non-hydrogen) atoms. The Labute approximate surface area is 109 Å². The van der Waals surface area contributed by atoms with Gasteiger partial charge in [-0.3, -0.25) is 0 Å². The van der Waals surface area contributed by atoms with Crippen LogP contribution in [0.2, 0.25) is 5.28 Å². The van der Waals surface area contributed by atoms with Crippen molar-refractivity contribution in [2.75, 3.05) is 5.32 Å². The molecule has 1 rings (SSSR count). The van der Waals surface area contributed by atoms with Gasteiger partial charge in [-0.25, -0.2) is 18.7 Å². The van der Waals surface area contributed by atoms with E-state index in [1.165, 1.54) is 0 Å². The molecule has 0 aromatic carbocycles. The molecule has 102 valence electrons. The van der Waals surface area contributed by atoms with Crippen LogP contribution in [0.4, 0.5) is 14.6 Å². The number of aliphatic hydroxyl groups is 1. The summed E-state index contributed by atoms with van der Waals surface area (Å²) in [7, 11) is 0. The molecule has 2 N–H and O–H groups in total. The average molecular weight is 280 g/mol. The maximum atomic E-state index is 13.4. The van der Waals surface area contributed by atoms with Gasteiger partial charge in [-0.15, -0.1) is 0 Å². The van der Waals surface area contributed by atoms with E-state index in [9.17, 15) is 13.9 Å². The molecule has 0 aliphatic heterocycles. The number of anilines is 1. The lowest BCUT2D eigenvalue weighted by Crippen LogP contribution is -2.40. The Bertz CT molecular complexity index is 429. The van der Waals surface area contributed by atoms with Gasteiger partial charge in [-0.1, -0.05) is 0 Å². The van der Waals surface area contributed by atoms with E-state index in [-0.39, 0.29) is 16.7 Å². The standard InChI is InChI=1S/C11H16ClF2N3O/c1-6(10(2,3)18)16-8-7(11(4,13)14)5-15-9(12)17-8/h5-6,18H,1-4H3,(H,15,16,17). The summed E-state index contributed by atoms with van der Waals surface area (Å²) in [4.78, 5) is 7.29. The van der Waals surface area contributed by atoms with E-state index in [0.717, 1.165) is 13.1 Å². The third-order valence-electron chi connectivity index (χ3n) is 2.65. The zero-order chi connectivity index (χ0) is 14.1. The first-order valence-electron chi connectivity index (χ1n) is 5.41. The van der Waals surface area contributed by atoms with E-state index in [0.29, 0.717) is 0 Å². The van der Waals surface area contributed by atoms with Crippen LogP contribution < -0.4 is 5.32 Å². The minimum atomic E-state index is -3.09. The second-order valence-corrected chi connectivity index (χ2v) is 5.15. The molecule has 1 aromatic rings. The highest BCUT2D eigenvalue weighted by Gasteiger charge is 2.31. The molecule has 1 unspecified atom stereocenters. The van der Waals surface area contributed by atoms with Crippen LogP contribution in [0, 0.1) is 0 Å². The van der Waals surface area contributed by atoms with Gasteiger partial charge in [0.1, 0.15) is 5.82 Å². The van der Waals surface area contributed by atoms with Crippen molar-refractivity contribution in [1.82, 2.24) is 9.97 Å². The molecule has 1 heterocycles. The number of rotatable bonds is 4. The molecule has 0 amide bonds. The first kappa shape index (κ1) is 15.0. The molecule has 0 radical (unpaired) electrons. The Kier molecular flexibility index (Phi) is 4.12. The molecule has 0 saturated carbocycles. The fraction of sp³-hybridized carbons (Fsp3) is 0.636. The van der Waals surface area contributed by atoms with Crippen molar-refractivity contribution in [3.05, 3.63) is 17.0 Å². The van der Waals surface area contributed by atoms with Crippen molar-refractivity contribution in [2.24, 2.45) is 0 Å². The highest BCUT2D eigenvalue weighted by Crippen LogP contribution is 2.32. The number of halogens is 3. The third kappa shape index (κ3) is 3.74. The predicted molar refractivity (Wildman–Crippen MR) is 66.0 cm³/mol. The van der Waals surface area contributed by atoms with Crippen molar-refractivity contribution >= 4 is 17.4 Å². The van der Waals surface area contributed by atoms with Crippen LogP contribution >= 0.6 is 11.6 Å². The monoisotopic (exact) mass is 279 g/mol. The normalized spacial score (nSPS) is 14.4. The number of alkyl halides is 2. The quantitative estimate of drug-likeness (QED) is 0.832. The van der Waals surface area contributed by atoms with E-state index >= 15 is 0 Å². The summed E-state index contributed by atoms with van der Waals surface area (Å²) < 4.78 is 26.7. The Morgan fingerprint density at radius 1 is 1.39 bits per heavy atom. The number of aromatic nitrogens is 2. The molecular weight excluding hydrogens is 264 g/mol. The third-order valence-corrected chi connectivity index (χ3v) is 2.83. The van der Waals surface area contributed by atoms with Crippen molar-refractivity contribution in [2.45, 2.75) is 45.3 Å². The molecule has 1 atom stereocenters. The molecule has 1 aromatic heterocycles. The van der Waals surface area contributed by atoms with Crippen LogP contribution in [0.3, 0.4) is 0 Å². The highest BCUT2D eigenvalue weighted by molar-refractivity contribution is 6.28. The van der Waals surface area contributed by atoms with Crippen LogP contribution in [0.25, 0.3) is 0 Å². The van der Waals surface area contributed by atoms with E-state index < -0.39 is 17.6 Å². The average Bonchev–Trinajstić information content (AvgIpc) is 2.13. The van der Waals surface area contributed by atoms with Crippen molar-refractivity contribution in [1.29, 1.82) is 0 Å². The zero-order valence-electron chi connectivity index (χ0n) is 10.6. The molecule has 0 fully saturated rings. The van der Waals surface area contributed by atoms with E-state index in [4.69, 9.17) is 11.6 Å². The Morgan fingerprint density at radius 2 is 1.94 bits per heavy atom. The maximum absolute atomic E-state index is 13.4. The second kappa shape index (κ2) is 4.93. The Balaban J connectivity index is 3.11. The number of nitrogens with zero attached hydrogens (tertiary/aromatic N) is 2. The number of hydrogen-bond donors (Lipinski definition) is 2. The fourth-order valence-electron chi connectivity index (χ4n) is 1.17. The number of hydrogen-bond acceptors (Lipinski definition) is 4. The molecule has 0 aliphatic carbocycles. The molecule has 0 aliphatic rings. The van der Waals surface area contributed by atoms with Crippen LogP contribution in [0.15, 0.2) is 6.20 Å². The summed E-state index contributed by atoms with van der Waals surface area (Å²) in [6, 6.07) is -0.482. The van der Waals surface area contributed by atoms with E-state index in [1.807, 2.05) is 0 Å². The summed E-state index contributed by atoms with van der Waals surface area (Å²) in [5.41, 5.74) is -1.44. The minimum absolute atomic E-state index is 0.0721. The summed E-state index contributed by atoms with van der Waals surface area (Å²) in [6.45, 7) is 5.54. The van der Waals surface area contributed by atoms with Crippen LogP contribution in [-0.2, 0) is 5.92 Å². The topological polar surface area (TPSA) is 58.0 Å². The highest BCUT2D eigenvalue weighted by atomic mass is 35.5. The lowest BCUT2D eigenvalue weighted by atomic mass is 10.0. The van der Waals surface area contributed by atoms with Gasteiger partial charge >= 0.3 is 0 Å². The van der Waals surface area contributed by atoms with Gasteiger partial charge in [0.25, 0.3) is 5.92 Å². The lowest BCUT2D eigenvalue weighted by Gasteiger charge is -2.28. The predicted octanol–water partition coefficient (Wildman–Crippen LogP) is 2.81. The SMILES string of the molecule is CC(Nc1nc(Cl)ncc1C(C)(F)F)C(C)(C)O. The van der Waals surface area contributed by atoms with Crippen molar-refractivity contribution < 1.29 is 13.9 Å². The van der Waals surface area contributed by atoms with Gasteiger partial charge in [0.2, 0.25) is 5.28 Å². The van der Waals surface area contributed by atoms with Gasteiger partial charge in [-0.2, -0.15) is 0 Å². The van der Waals surface area contributed by atoms with E-state index in [1.54, 1.807) is 20.8 Å². The summed E-state index contributed by atoms with van der Waals surface area (Å²) in [5, 5.41) is 12.4. The minimum Gasteiger partial charge on any atom is -0.388 e. The van der Waals surface area contributed by atoms with Crippen molar-refractivity contribution in [3.8, 4) is 0 Å². The Hall–Kier alpha value is -1.01.